The van der Waals surface area contributed by atoms with Crippen molar-refractivity contribution in [2.24, 2.45) is 5.92 Å². The topological polar surface area (TPSA) is 12.5 Å². The first-order chi connectivity index (χ1) is 4.38. The summed E-state index contributed by atoms with van der Waals surface area (Å²) in [5.74, 6) is 0.856. The third-order valence-corrected chi connectivity index (χ3v) is 2.47. The molecule has 0 aliphatic carbocycles. The van der Waals surface area contributed by atoms with Crippen molar-refractivity contribution in [1.82, 2.24) is 4.90 Å². The highest BCUT2D eigenvalue weighted by molar-refractivity contribution is 4.82. The normalized spacial score (nSPS) is 43.7. The SMILES string of the molecule is CN1CC[C@@H]2CCO[C@@H]21. The molecule has 0 spiro atoms. The van der Waals surface area contributed by atoms with Gasteiger partial charge in [0.15, 0.2) is 0 Å². The predicted octanol–water partition coefficient (Wildman–Crippen LogP) is 0.684. The minimum Gasteiger partial charge on any atom is -0.363 e. The van der Waals surface area contributed by atoms with Crippen LogP contribution in [-0.2, 0) is 4.74 Å². The van der Waals surface area contributed by atoms with E-state index < -0.39 is 0 Å². The number of fused-ring (bicyclic) bond motifs is 1. The van der Waals surface area contributed by atoms with E-state index in [1.165, 1.54) is 19.4 Å². The lowest BCUT2D eigenvalue weighted by Crippen LogP contribution is -2.27. The molecule has 2 rings (SSSR count). The van der Waals surface area contributed by atoms with Crippen LogP contribution in [0.2, 0.25) is 0 Å². The third kappa shape index (κ3) is 0.775. The Morgan fingerprint density at radius 3 is 3.11 bits per heavy atom. The second kappa shape index (κ2) is 1.96. The molecule has 0 amide bonds. The van der Waals surface area contributed by atoms with E-state index in [2.05, 4.69) is 11.9 Å². The fourth-order valence-corrected chi connectivity index (χ4v) is 1.89. The molecule has 2 aliphatic rings. The summed E-state index contributed by atoms with van der Waals surface area (Å²) in [6, 6.07) is 0. The van der Waals surface area contributed by atoms with Gasteiger partial charge in [-0.3, -0.25) is 4.90 Å². The number of hydrogen-bond donors (Lipinski definition) is 0. The van der Waals surface area contributed by atoms with Crippen molar-refractivity contribution in [3.05, 3.63) is 0 Å². The van der Waals surface area contributed by atoms with Crippen LogP contribution in [0.3, 0.4) is 0 Å². The van der Waals surface area contributed by atoms with E-state index in [1.54, 1.807) is 0 Å². The van der Waals surface area contributed by atoms with E-state index >= 15 is 0 Å². The molecule has 9 heavy (non-hydrogen) atoms. The van der Waals surface area contributed by atoms with Crippen molar-refractivity contribution in [1.29, 1.82) is 0 Å². The second-order valence-electron chi connectivity index (χ2n) is 3.08. The fourth-order valence-electron chi connectivity index (χ4n) is 1.89. The number of ether oxygens (including phenoxy) is 1. The first-order valence-electron chi connectivity index (χ1n) is 3.70. The molecule has 0 aromatic rings. The van der Waals surface area contributed by atoms with Gasteiger partial charge in [0.2, 0.25) is 0 Å². The molecule has 2 heteroatoms. The van der Waals surface area contributed by atoms with Crippen LogP contribution in [0.5, 0.6) is 0 Å². The number of hydrogen-bond acceptors (Lipinski definition) is 2. The van der Waals surface area contributed by atoms with E-state index in [0.29, 0.717) is 6.23 Å². The molecule has 2 nitrogen and oxygen atoms in total. The van der Waals surface area contributed by atoms with Gasteiger partial charge in [-0.2, -0.15) is 0 Å². The van der Waals surface area contributed by atoms with E-state index in [1.807, 2.05) is 0 Å². The molecular formula is C7H13NO. The van der Waals surface area contributed by atoms with Crippen molar-refractivity contribution in [3.8, 4) is 0 Å². The van der Waals surface area contributed by atoms with Gasteiger partial charge in [-0.05, 0) is 19.9 Å². The molecule has 0 saturated carbocycles. The van der Waals surface area contributed by atoms with Gasteiger partial charge in [0, 0.05) is 19.1 Å². The first-order valence-corrected chi connectivity index (χ1v) is 3.70. The Kier molecular flexibility index (Phi) is 1.24. The first kappa shape index (κ1) is 5.69. The Morgan fingerprint density at radius 1 is 1.44 bits per heavy atom. The van der Waals surface area contributed by atoms with Crippen molar-refractivity contribution in [2.45, 2.75) is 19.1 Å². The molecule has 0 radical (unpaired) electrons. The lowest BCUT2D eigenvalue weighted by molar-refractivity contribution is 0.00710. The highest BCUT2D eigenvalue weighted by atomic mass is 16.5. The van der Waals surface area contributed by atoms with Crippen LogP contribution in [0.1, 0.15) is 12.8 Å². The monoisotopic (exact) mass is 127 g/mol. The molecule has 0 unspecified atom stereocenters. The van der Waals surface area contributed by atoms with E-state index in [-0.39, 0.29) is 0 Å². The molecule has 0 aromatic heterocycles. The number of rotatable bonds is 0. The lowest BCUT2D eigenvalue weighted by Gasteiger charge is -2.16. The largest absolute Gasteiger partial charge is 0.363 e. The van der Waals surface area contributed by atoms with Gasteiger partial charge >= 0.3 is 0 Å². The molecular weight excluding hydrogens is 114 g/mol. The Bertz CT molecular complexity index is 115. The zero-order valence-corrected chi connectivity index (χ0v) is 5.84. The average molecular weight is 127 g/mol. The number of nitrogens with zero attached hydrogens (tertiary/aromatic N) is 1. The van der Waals surface area contributed by atoms with E-state index in [4.69, 9.17) is 4.74 Å². The van der Waals surface area contributed by atoms with Crippen LogP contribution in [0.4, 0.5) is 0 Å². The summed E-state index contributed by atoms with van der Waals surface area (Å²) >= 11 is 0. The number of likely N-dealkylation sites (tertiary alicyclic amines) is 1. The summed E-state index contributed by atoms with van der Waals surface area (Å²) in [6.45, 7) is 2.22. The van der Waals surface area contributed by atoms with Crippen LogP contribution in [0.15, 0.2) is 0 Å². The minimum atomic E-state index is 0.477. The van der Waals surface area contributed by atoms with Gasteiger partial charge in [0.1, 0.15) is 6.23 Å². The van der Waals surface area contributed by atoms with Gasteiger partial charge in [-0.1, -0.05) is 0 Å². The molecule has 2 heterocycles. The summed E-state index contributed by atoms with van der Waals surface area (Å²) in [7, 11) is 2.15. The summed E-state index contributed by atoms with van der Waals surface area (Å²) in [6.07, 6.45) is 3.11. The summed E-state index contributed by atoms with van der Waals surface area (Å²) in [5.41, 5.74) is 0. The Hall–Kier alpha value is -0.0800. The van der Waals surface area contributed by atoms with Crippen molar-refractivity contribution >= 4 is 0 Å². The van der Waals surface area contributed by atoms with E-state index in [0.717, 1.165) is 12.5 Å². The quantitative estimate of drug-likeness (QED) is 0.474. The maximum absolute atomic E-state index is 5.52. The Morgan fingerprint density at radius 2 is 2.33 bits per heavy atom. The second-order valence-corrected chi connectivity index (χ2v) is 3.08. The Balaban J connectivity index is 2.07. The highest BCUT2D eigenvalue weighted by Crippen LogP contribution is 2.31. The molecule has 0 N–H and O–H groups in total. The van der Waals surface area contributed by atoms with Crippen LogP contribution in [-0.4, -0.2) is 31.3 Å². The summed E-state index contributed by atoms with van der Waals surface area (Å²) < 4.78 is 5.52. The molecule has 52 valence electrons. The van der Waals surface area contributed by atoms with Gasteiger partial charge in [0.05, 0.1) is 0 Å². The molecule has 2 aliphatic heterocycles. The molecule has 0 aromatic carbocycles. The van der Waals surface area contributed by atoms with Gasteiger partial charge in [0.25, 0.3) is 0 Å². The molecule has 0 bridgehead atoms. The zero-order chi connectivity index (χ0) is 6.27. The average Bonchev–Trinajstić information content (AvgIpc) is 2.35. The maximum Gasteiger partial charge on any atom is 0.113 e. The molecule has 2 atom stereocenters. The third-order valence-electron chi connectivity index (χ3n) is 2.47. The fraction of sp³-hybridized carbons (Fsp3) is 1.00. The molecule has 2 fully saturated rings. The lowest BCUT2D eigenvalue weighted by atomic mass is 10.1. The van der Waals surface area contributed by atoms with Crippen LogP contribution < -0.4 is 0 Å². The summed E-state index contributed by atoms with van der Waals surface area (Å²) in [4.78, 5) is 2.32. The minimum absolute atomic E-state index is 0.477. The van der Waals surface area contributed by atoms with Crippen LogP contribution in [0, 0.1) is 5.92 Å². The predicted molar refractivity (Wildman–Crippen MR) is 35.1 cm³/mol. The highest BCUT2D eigenvalue weighted by Gasteiger charge is 2.36. The van der Waals surface area contributed by atoms with Gasteiger partial charge in [-0.25, -0.2) is 0 Å². The zero-order valence-electron chi connectivity index (χ0n) is 5.84. The van der Waals surface area contributed by atoms with Crippen molar-refractivity contribution < 1.29 is 4.74 Å². The van der Waals surface area contributed by atoms with Crippen molar-refractivity contribution in [3.63, 3.8) is 0 Å². The maximum atomic E-state index is 5.52. The standard InChI is InChI=1S/C7H13NO/c1-8-4-2-6-3-5-9-7(6)8/h6-7H,2-5H2,1H3/t6-,7+/m1/s1. The van der Waals surface area contributed by atoms with Gasteiger partial charge < -0.3 is 4.74 Å². The Labute approximate surface area is 55.8 Å². The van der Waals surface area contributed by atoms with Crippen LogP contribution >= 0.6 is 0 Å². The summed E-state index contributed by atoms with van der Waals surface area (Å²) in [5, 5.41) is 0. The van der Waals surface area contributed by atoms with Crippen LogP contribution in [0.25, 0.3) is 0 Å². The van der Waals surface area contributed by atoms with E-state index in [9.17, 15) is 0 Å². The van der Waals surface area contributed by atoms with Crippen molar-refractivity contribution in [2.75, 3.05) is 20.2 Å². The smallest absolute Gasteiger partial charge is 0.113 e. The van der Waals surface area contributed by atoms with Gasteiger partial charge in [-0.15, -0.1) is 0 Å². The molecule has 2 saturated heterocycles.